The summed E-state index contributed by atoms with van der Waals surface area (Å²) in [7, 11) is 0. The van der Waals surface area contributed by atoms with Crippen LogP contribution in [-0.4, -0.2) is 38.7 Å². The van der Waals surface area contributed by atoms with Crippen molar-refractivity contribution in [3.8, 4) is 0 Å². The molecule has 2 aromatic carbocycles. The summed E-state index contributed by atoms with van der Waals surface area (Å²) in [6, 6.07) is 9.94. The van der Waals surface area contributed by atoms with Gasteiger partial charge in [0, 0.05) is 18.5 Å². The van der Waals surface area contributed by atoms with Crippen LogP contribution in [0.2, 0.25) is 0 Å². The lowest BCUT2D eigenvalue weighted by Gasteiger charge is -2.30. The normalized spacial score (nSPS) is 15.3. The molecule has 0 saturated heterocycles. The molecule has 1 saturated carbocycles. The molecule has 1 aliphatic rings. The molecular formula is C29H35FN4O4. The number of carboxylic acid groups (broad SMARTS) is 1. The molecule has 3 aromatic rings. The number of aromatic nitrogens is 2. The number of carbonyl (C=O) groups is 3. The molecule has 8 nitrogen and oxygen atoms in total. The molecule has 1 atom stereocenters. The van der Waals surface area contributed by atoms with Crippen molar-refractivity contribution in [2.75, 3.05) is 0 Å². The van der Waals surface area contributed by atoms with Crippen LogP contribution in [0.3, 0.4) is 0 Å². The van der Waals surface area contributed by atoms with E-state index in [4.69, 9.17) is 5.11 Å². The highest BCUT2D eigenvalue weighted by atomic mass is 19.1. The fraction of sp³-hybridized carbons (Fsp3) is 0.448. The third kappa shape index (κ3) is 6.20. The molecule has 1 aromatic heterocycles. The van der Waals surface area contributed by atoms with Gasteiger partial charge in [0.05, 0.1) is 5.56 Å². The number of carbonyl (C=O) groups excluding carboxylic acids is 2. The van der Waals surface area contributed by atoms with E-state index in [0.717, 1.165) is 31.2 Å². The van der Waals surface area contributed by atoms with Gasteiger partial charge in [-0.2, -0.15) is 5.10 Å². The van der Waals surface area contributed by atoms with Crippen molar-refractivity contribution in [3.05, 3.63) is 65.1 Å². The number of carboxylic acids is 1. The van der Waals surface area contributed by atoms with Gasteiger partial charge in [-0.1, -0.05) is 64.3 Å². The van der Waals surface area contributed by atoms with Crippen LogP contribution in [0.5, 0.6) is 0 Å². The number of rotatable bonds is 8. The van der Waals surface area contributed by atoms with Gasteiger partial charge in [-0.15, -0.1) is 0 Å². The summed E-state index contributed by atoms with van der Waals surface area (Å²) in [6.07, 6.45) is 5.62. The standard InChI is InChI=1S/C29H35FN4O4/c1-29(2,3)25(27(36)31-16-18-12-14-20(15-13-18)28(37)38)32-26(35)23-21-10-7-11-22(30)24(21)34(33-23)17-19-8-5-4-6-9-19/h7,10-15,19,25H,4-6,8-9,16-17H2,1-3H3,(H,31,36)(H,32,35)(H,37,38). The van der Waals surface area contributed by atoms with Crippen LogP contribution >= 0.6 is 0 Å². The van der Waals surface area contributed by atoms with Crippen molar-refractivity contribution in [2.45, 2.75) is 72.0 Å². The van der Waals surface area contributed by atoms with E-state index in [-0.39, 0.29) is 23.7 Å². The van der Waals surface area contributed by atoms with Crippen molar-refractivity contribution >= 4 is 28.7 Å². The zero-order valence-electron chi connectivity index (χ0n) is 22.1. The lowest BCUT2D eigenvalue weighted by molar-refractivity contribution is -0.125. The van der Waals surface area contributed by atoms with E-state index in [9.17, 15) is 18.8 Å². The maximum Gasteiger partial charge on any atom is 0.335 e. The Morgan fingerprint density at radius 2 is 1.76 bits per heavy atom. The number of nitrogens with one attached hydrogen (secondary N) is 2. The number of fused-ring (bicyclic) bond motifs is 1. The molecule has 1 heterocycles. The molecule has 0 bridgehead atoms. The fourth-order valence-corrected chi connectivity index (χ4v) is 5.04. The number of nitrogens with zero attached hydrogens (tertiary/aromatic N) is 2. The average molecular weight is 523 g/mol. The van der Waals surface area contributed by atoms with Crippen LogP contribution in [0.1, 0.15) is 79.3 Å². The lowest BCUT2D eigenvalue weighted by atomic mass is 9.86. The minimum atomic E-state index is -1.02. The molecule has 2 amide bonds. The van der Waals surface area contributed by atoms with Crippen molar-refractivity contribution in [1.82, 2.24) is 20.4 Å². The number of hydrogen-bond donors (Lipinski definition) is 3. The number of aromatic carboxylic acids is 1. The monoisotopic (exact) mass is 522 g/mol. The Hall–Kier alpha value is -3.75. The molecule has 0 radical (unpaired) electrons. The zero-order valence-corrected chi connectivity index (χ0v) is 22.1. The van der Waals surface area contributed by atoms with Crippen LogP contribution in [0.15, 0.2) is 42.5 Å². The first-order valence-electron chi connectivity index (χ1n) is 13.1. The molecular weight excluding hydrogens is 487 g/mol. The second kappa shape index (κ2) is 11.3. The first-order valence-corrected chi connectivity index (χ1v) is 13.1. The minimum Gasteiger partial charge on any atom is -0.478 e. The molecule has 3 N–H and O–H groups in total. The summed E-state index contributed by atoms with van der Waals surface area (Å²) in [5, 5.41) is 19.7. The van der Waals surface area contributed by atoms with Crippen LogP contribution < -0.4 is 10.6 Å². The highest BCUT2D eigenvalue weighted by Gasteiger charge is 2.34. The molecule has 202 valence electrons. The summed E-state index contributed by atoms with van der Waals surface area (Å²) in [4.78, 5) is 37.7. The average Bonchev–Trinajstić information content (AvgIpc) is 3.25. The molecule has 4 rings (SSSR count). The van der Waals surface area contributed by atoms with E-state index >= 15 is 0 Å². The van der Waals surface area contributed by atoms with Gasteiger partial charge in [0.2, 0.25) is 5.91 Å². The van der Waals surface area contributed by atoms with Gasteiger partial charge in [0.1, 0.15) is 17.4 Å². The molecule has 38 heavy (non-hydrogen) atoms. The van der Waals surface area contributed by atoms with Crippen molar-refractivity contribution < 1.29 is 23.9 Å². The largest absolute Gasteiger partial charge is 0.478 e. The Kier molecular flexibility index (Phi) is 8.14. The van der Waals surface area contributed by atoms with Gasteiger partial charge >= 0.3 is 5.97 Å². The van der Waals surface area contributed by atoms with Gasteiger partial charge < -0.3 is 15.7 Å². The number of amides is 2. The van der Waals surface area contributed by atoms with E-state index in [2.05, 4.69) is 15.7 Å². The van der Waals surface area contributed by atoms with Crippen LogP contribution in [-0.2, 0) is 17.9 Å². The third-order valence-corrected chi connectivity index (χ3v) is 7.16. The zero-order chi connectivity index (χ0) is 27.4. The quantitative estimate of drug-likeness (QED) is 0.389. The third-order valence-electron chi connectivity index (χ3n) is 7.16. The lowest BCUT2D eigenvalue weighted by Crippen LogP contribution is -2.53. The van der Waals surface area contributed by atoms with Crippen LogP contribution in [0, 0.1) is 17.2 Å². The molecule has 1 fully saturated rings. The highest BCUT2D eigenvalue weighted by Crippen LogP contribution is 2.29. The number of benzene rings is 2. The van der Waals surface area contributed by atoms with Crippen LogP contribution in [0.25, 0.3) is 10.9 Å². The Balaban J connectivity index is 1.53. The van der Waals surface area contributed by atoms with Crippen molar-refractivity contribution in [3.63, 3.8) is 0 Å². The van der Waals surface area contributed by atoms with Gasteiger partial charge in [0.25, 0.3) is 5.91 Å². The fourth-order valence-electron chi connectivity index (χ4n) is 5.04. The molecule has 1 aliphatic carbocycles. The second-order valence-corrected chi connectivity index (χ2v) is 11.2. The number of halogens is 1. The smallest absolute Gasteiger partial charge is 0.335 e. The summed E-state index contributed by atoms with van der Waals surface area (Å²) >= 11 is 0. The van der Waals surface area contributed by atoms with Crippen molar-refractivity contribution in [1.29, 1.82) is 0 Å². The maximum atomic E-state index is 14.9. The number of para-hydroxylation sites is 1. The molecule has 9 heteroatoms. The van der Waals surface area contributed by atoms with E-state index in [0.29, 0.717) is 23.4 Å². The predicted molar refractivity (Wildman–Crippen MR) is 142 cm³/mol. The second-order valence-electron chi connectivity index (χ2n) is 11.2. The molecule has 0 aliphatic heterocycles. The van der Waals surface area contributed by atoms with Gasteiger partial charge in [-0.05, 0) is 47.9 Å². The Morgan fingerprint density at radius 1 is 1.08 bits per heavy atom. The van der Waals surface area contributed by atoms with Gasteiger partial charge in [-0.3, -0.25) is 14.3 Å². The topological polar surface area (TPSA) is 113 Å². The van der Waals surface area contributed by atoms with Gasteiger partial charge in [-0.25, -0.2) is 9.18 Å². The minimum absolute atomic E-state index is 0.0987. The van der Waals surface area contributed by atoms with E-state index < -0.39 is 29.2 Å². The molecule has 0 spiro atoms. The summed E-state index contributed by atoms with van der Waals surface area (Å²) < 4.78 is 16.5. The first-order chi connectivity index (χ1) is 18.0. The predicted octanol–water partition coefficient (Wildman–Crippen LogP) is 4.91. The SMILES string of the molecule is CC(C)(C)C(NC(=O)c1nn(CC2CCCCC2)c2c(F)cccc12)C(=O)NCc1ccc(C(=O)O)cc1. The van der Waals surface area contributed by atoms with E-state index in [1.165, 1.54) is 24.6 Å². The highest BCUT2D eigenvalue weighted by molar-refractivity contribution is 6.06. The van der Waals surface area contributed by atoms with E-state index in [1.807, 2.05) is 20.8 Å². The summed E-state index contributed by atoms with van der Waals surface area (Å²) in [5.74, 6) is -1.98. The summed E-state index contributed by atoms with van der Waals surface area (Å²) in [6.45, 7) is 6.26. The Morgan fingerprint density at radius 3 is 2.39 bits per heavy atom. The van der Waals surface area contributed by atoms with Gasteiger partial charge in [0.15, 0.2) is 5.69 Å². The Labute approximate surface area is 221 Å². The van der Waals surface area contributed by atoms with E-state index in [1.54, 1.807) is 28.9 Å². The summed E-state index contributed by atoms with van der Waals surface area (Å²) in [5.41, 5.74) is 0.668. The number of hydrogen-bond acceptors (Lipinski definition) is 4. The molecule has 1 unspecified atom stereocenters. The van der Waals surface area contributed by atoms with Crippen LogP contribution in [0.4, 0.5) is 4.39 Å². The Bertz CT molecular complexity index is 1320. The maximum absolute atomic E-state index is 14.9. The first kappa shape index (κ1) is 27.3. The van der Waals surface area contributed by atoms with Crippen molar-refractivity contribution in [2.24, 2.45) is 11.3 Å².